The average molecular weight is 218 g/mol. The van der Waals surface area contributed by atoms with E-state index in [1.54, 1.807) is 18.3 Å². The number of pyridine rings is 1. The van der Waals surface area contributed by atoms with Gasteiger partial charge in [0.05, 0.1) is 5.56 Å². The molecule has 2 bridgehead atoms. The number of nitrogens with zero attached hydrogens (tertiary/aromatic N) is 2. The van der Waals surface area contributed by atoms with E-state index in [-0.39, 0.29) is 5.91 Å². The van der Waals surface area contributed by atoms with E-state index in [1.807, 2.05) is 4.90 Å². The Hall–Kier alpha value is -1.62. The maximum absolute atomic E-state index is 12.2. The molecule has 5 heteroatoms. The molecule has 2 atom stereocenters. The van der Waals surface area contributed by atoms with Gasteiger partial charge in [0.15, 0.2) is 0 Å². The number of carbonyl (C=O) groups is 1. The first-order chi connectivity index (χ1) is 7.74. The van der Waals surface area contributed by atoms with Crippen LogP contribution in [0.5, 0.6) is 0 Å². The SMILES string of the molecule is Nc1ccc(C(=O)N2C[C@@H]3CC2CN3)cn1. The van der Waals surface area contributed by atoms with Crippen molar-refractivity contribution in [3.8, 4) is 0 Å². The van der Waals surface area contributed by atoms with Crippen LogP contribution in [0.4, 0.5) is 5.82 Å². The van der Waals surface area contributed by atoms with E-state index in [9.17, 15) is 4.79 Å². The van der Waals surface area contributed by atoms with Gasteiger partial charge in [-0.3, -0.25) is 4.79 Å². The van der Waals surface area contributed by atoms with Gasteiger partial charge in [-0.25, -0.2) is 4.98 Å². The lowest BCUT2D eigenvalue weighted by Crippen LogP contribution is -2.46. The predicted octanol–water partition coefficient (Wildman–Crippen LogP) is -0.150. The number of rotatable bonds is 1. The molecule has 1 amide bonds. The minimum Gasteiger partial charge on any atom is -0.384 e. The number of likely N-dealkylation sites (tertiary alicyclic amines) is 1. The molecule has 2 aliphatic rings. The lowest BCUT2D eigenvalue weighted by Gasteiger charge is -2.27. The number of amides is 1. The van der Waals surface area contributed by atoms with Gasteiger partial charge in [-0.1, -0.05) is 0 Å². The molecule has 0 saturated carbocycles. The zero-order valence-electron chi connectivity index (χ0n) is 8.89. The summed E-state index contributed by atoms with van der Waals surface area (Å²) in [6.07, 6.45) is 2.63. The van der Waals surface area contributed by atoms with Gasteiger partial charge in [-0.05, 0) is 18.6 Å². The molecule has 0 radical (unpaired) electrons. The smallest absolute Gasteiger partial charge is 0.255 e. The van der Waals surface area contributed by atoms with Crippen molar-refractivity contribution < 1.29 is 4.79 Å². The summed E-state index contributed by atoms with van der Waals surface area (Å²) in [7, 11) is 0. The van der Waals surface area contributed by atoms with E-state index < -0.39 is 0 Å². The molecule has 1 aromatic rings. The maximum atomic E-state index is 12.2. The molecule has 2 fully saturated rings. The minimum absolute atomic E-state index is 0.0708. The molecule has 1 unspecified atom stereocenters. The standard InChI is InChI=1S/C11H14N4O/c12-10-2-1-7(4-14-10)11(16)15-6-8-3-9(15)5-13-8/h1-2,4,8-9,13H,3,5-6H2,(H2,12,14)/t8-,9?/m0/s1. The van der Waals surface area contributed by atoms with Crippen molar-refractivity contribution in [3.05, 3.63) is 23.9 Å². The summed E-state index contributed by atoms with van der Waals surface area (Å²) in [5, 5.41) is 3.37. The highest BCUT2D eigenvalue weighted by molar-refractivity contribution is 5.94. The summed E-state index contributed by atoms with van der Waals surface area (Å²) in [4.78, 5) is 18.1. The molecule has 5 nitrogen and oxygen atoms in total. The topological polar surface area (TPSA) is 71.2 Å². The first-order valence-electron chi connectivity index (χ1n) is 5.50. The van der Waals surface area contributed by atoms with Crippen molar-refractivity contribution in [2.75, 3.05) is 18.8 Å². The van der Waals surface area contributed by atoms with Crippen molar-refractivity contribution in [1.29, 1.82) is 0 Å². The summed E-state index contributed by atoms with van der Waals surface area (Å²) in [6.45, 7) is 1.73. The molecule has 16 heavy (non-hydrogen) atoms. The molecule has 2 saturated heterocycles. The Morgan fingerprint density at radius 2 is 2.44 bits per heavy atom. The first kappa shape index (κ1) is 9.59. The fourth-order valence-corrected chi connectivity index (χ4v) is 2.51. The Kier molecular flexibility index (Phi) is 2.07. The van der Waals surface area contributed by atoms with Crippen LogP contribution < -0.4 is 11.1 Å². The molecule has 1 aromatic heterocycles. The molecule has 2 aliphatic heterocycles. The van der Waals surface area contributed by atoms with E-state index in [0.29, 0.717) is 23.5 Å². The van der Waals surface area contributed by atoms with E-state index in [0.717, 1.165) is 19.5 Å². The molecule has 3 heterocycles. The number of anilines is 1. The molecular weight excluding hydrogens is 204 g/mol. The number of carbonyl (C=O) groups excluding carboxylic acids is 1. The fourth-order valence-electron chi connectivity index (χ4n) is 2.51. The Labute approximate surface area is 93.6 Å². The number of piperazine rings is 1. The molecule has 0 aliphatic carbocycles. The third-order valence-electron chi connectivity index (χ3n) is 3.35. The highest BCUT2D eigenvalue weighted by Gasteiger charge is 2.40. The number of nitrogens with one attached hydrogen (secondary N) is 1. The van der Waals surface area contributed by atoms with Crippen LogP contribution in [0.2, 0.25) is 0 Å². The van der Waals surface area contributed by atoms with Gasteiger partial charge >= 0.3 is 0 Å². The second kappa shape index (κ2) is 3.45. The molecule has 0 spiro atoms. The summed E-state index contributed by atoms with van der Waals surface area (Å²) in [6, 6.07) is 4.25. The van der Waals surface area contributed by atoms with Gasteiger partial charge in [-0.2, -0.15) is 0 Å². The van der Waals surface area contributed by atoms with Crippen LogP contribution in [-0.2, 0) is 0 Å². The normalized spacial score (nSPS) is 27.4. The van der Waals surface area contributed by atoms with Crippen molar-refractivity contribution in [1.82, 2.24) is 15.2 Å². The van der Waals surface area contributed by atoms with Crippen LogP contribution in [0.1, 0.15) is 16.8 Å². The number of aromatic nitrogens is 1. The Bertz CT molecular complexity index is 416. The van der Waals surface area contributed by atoms with Gasteiger partial charge in [0, 0.05) is 31.4 Å². The van der Waals surface area contributed by atoms with E-state index >= 15 is 0 Å². The molecule has 84 valence electrons. The lowest BCUT2D eigenvalue weighted by atomic mass is 10.2. The van der Waals surface area contributed by atoms with Crippen molar-refractivity contribution in [2.24, 2.45) is 0 Å². The molecule has 0 aromatic carbocycles. The van der Waals surface area contributed by atoms with Crippen LogP contribution in [0.25, 0.3) is 0 Å². The van der Waals surface area contributed by atoms with Gasteiger partial charge in [0.1, 0.15) is 5.82 Å². The zero-order valence-corrected chi connectivity index (χ0v) is 8.89. The van der Waals surface area contributed by atoms with Crippen molar-refractivity contribution >= 4 is 11.7 Å². The van der Waals surface area contributed by atoms with Crippen LogP contribution in [0, 0.1) is 0 Å². The fraction of sp³-hybridized carbons (Fsp3) is 0.455. The van der Waals surface area contributed by atoms with Crippen LogP contribution >= 0.6 is 0 Å². The summed E-state index contributed by atoms with van der Waals surface area (Å²) in [5.74, 6) is 0.516. The largest absolute Gasteiger partial charge is 0.384 e. The Morgan fingerprint density at radius 3 is 3.00 bits per heavy atom. The van der Waals surface area contributed by atoms with Crippen LogP contribution in [0.15, 0.2) is 18.3 Å². The van der Waals surface area contributed by atoms with E-state index in [4.69, 9.17) is 5.73 Å². The van der Waals surface area contributed by atoms with Gasteiger partial charge in [0.25, 0.3) is 5.91 Å². The third-order valence-corrected chi connectivity index (χ3v) is 3.35. The Morgan fingerprint density at radius 1 is 1.56 bits per heavy atom. The van der Waals surface area contributed by atoms with E-state index in [1.165, 1.54) is 0 Å². The second-order valence-electron chi connectivity index (χ2n) is 4.42. The van der Waals surface area contributed by atoms with Crippen LogP contribution in [-0.4, -0.2) is 41.0 Å². The number of hydrogen-bond donors (Lipinski definition) is 2. The summed E-state index contributed by atoms with van der Waals surface area (Å²) in [5.41, 5.74) is 6.12. The first-order valence-corrected chi connectivity index (χ1v) is 5.50. The third kappa shape index (κ3) is 1.44. The van der Waals surface area contributed by atoms with Crippen LogP contribution in [0.3, 0.4) is 0 Å². The van der Waals surface area contributed by atoms with Gasteiger partial charge in [-0.15, -0.1) is 0 Å². The Balaban J connectivity index is 1.80. The second-order valence-corrected chi connectivity index (χ2v) is 4.42. The number of hydrogen-bond acceptors (Lipinski definition) is 4. The van der Waals surface area contributed by atoms with E-state index in [2.05, 4.69) is 10.3 Å². The number of fused-ring (bicyclic) bond motifs is 2. The summed E-state index contributed by atoms with van der Waals surface area (Å²) < 4.78 is 0. The number of nitrogens with two attached hydrogens (primary N) is 1. The highest BCUT2D eigenvalue weighted by atomic mass is 16.2. The number of nitrogen functional groups attached to an aromatic ring is 1. The van der Waals surface area contributed by atoms with Gasteiger partial charge in [0.2, 0.25) is 0 Å². The molecular formula is C11H14N4O. The minimum atomic E-state index is 0.0708. The highest BCUT2D eigenvalue weighted by Crippen LogP contribution is 2.24. The van der Waals surface area contributed by atoms with Gasteiger partial charge < -0.3 is 16.0 Å². The maximum Gasteiger partial charge on any atom is 0.255 e. The quantitative estimate of drug-likeness (QED) is 0.687. The van der Waals surface area contributed by atoms with Crippen molar-refractivity contribution in [2.45, 2.75) is 18.5 Å². The molecule has 3 N–H and O–H groups in total. The summed E-state index contributed by atoms with van der Waals surface area (Å²) >= 11 is 0. The lowest BCUT2D eigenvalue weighted by molar-refractivity contribution is 0.0715. The van der Waals surface area contributed by atoms with Crippen molar-refractivity contribution in [3.63, 3.8) is 0 Å². The predicted molar refractivity (Wildman–Crippen MR) is 59.9 cm³/mol. The zero-order chi connectivity index (χ0) is 11.1. The molecule has 3 rings (SSSR count). The average Bonchev–Trinajstić information content (AvgIpc) is 2.91. The monoisotopic (exact) mass is 218 g/mol.